The average Bonchev–Trinajstić information content (AvgIpc) is 3.65. The topological polar surface area (TPSA) is 49.8 Å². The number of ether oxygens (including phenoxy) is 1. The molecule has 4 nitrogen and oxygen atoms in total. The van der Waals surface area contributed by atoms with E-state index in [0.29, 0.717) is 16.5 Å². The molecule has 2 fully saturated rings. The van der Waals surface area contributed by atoms with Crippen molar-refractivity contribution < 1.29 is 19.0 Å². The van der Waals surface area contributed by atoms with Crippen molar-refractivity contribution in [1.82, 2.24) is 4.90 Å². The van der Waals surface area contributed by atoms with Crippen LogP contribution in [0.3, 0.4) is 0 Å². The highest BCUT2D eigenvalue weighted by molar-refractivity contribution is 6.30. The van der Waals surface area contributed by atoms with Crippen molar-refractivity contribution in [2.75, 3.05) is 13.1 Å². The van der Waals surface area contributed by atoms with Crippen LogP contribution >= 0.6 is 11.6 Å². The highest BCUT2D eigenvalue weighted by atomic mass is 35.5. The lowest BCUT2D eigenvalue weighted by Gasteiger charge is -2.46. The van der Waals surface area contributed by atoms with Crippen molar-refractivity contribution in [3.8, 4) is 5.75 Å². The molecular formula is C28H33ClFNO3. The second-order valence-corrected chi connectivity index (χ2v) is 11.0. The van der Waals surface area contributed by atoms with E-state index >= 15 is 0 Å². The van der Waals surface area contributed by atoms with E-state index in [9.17, 15) is 14.3 Å². The normalized spacial score (nSPS) is 22.5. The van der Waals surface area contributed by atoms with E-state index in [1.165, 1.54) is 11.6 Å². The van der Waals surface area contributed by atoms with Crippen LogP contribution in [-0.2, 0) is 11.2 Å². The van der Waals surface area contributed by atoms with E-state index < -0.39 is 11.9 Å². The molecule has 6 heteroatoms. The van der Waals surface area contributed by atoms with Crippen LogP contribution in [0.25, 0.3) is 0 Å². The first-order valence-corrected chi connectivity index (χ1v) is 12.9. The van der Waals surface area contributed by atoms with Gasteiger partial charge in [-0.25, -0.2) is 4.39 Å². The highest BCUT2D eigenvalue weighted by Gasteiger charge is 2.42. The summed E-state index contributed by atoms with van der Waals surface area (Å²) in [6.07, 6.45) is 5.93. The minimum Gasteiger partial charge on any atom is -0.487 e. The number of piperidine rings is 1. The number of carboxylic acids is 1. The molecule has 1 aliphatic carbocycles. The molecule has 0 amide bonds. The largest absolute Gasteiger partial charge is 0.487 e. The Kier molecular flexibility index (Phi) is 6.36. The Hall–Kier alpha value is -2.11. The van der Waals surface area contributed by atoms with E-state index in [0.717, 1.165) is 62.9 Å². The summed E-state index contributed by atoms with van der Waals surface area (Å²) >= 11 is 6.12. The van der Waals surface area contributed by atoms with Gasteiger partial charge in [-0.05, 0) is 92.7 Å². The quantitative estimate of drug-likeness (QED) is 0.500. The van der Waals surface area contributed by atoms with Crippen LogP contribution in [0.4, 0.5) is 4.39 Å². The van der Waals surface area contributed by atoms with Crippen LogP contribution in [0.1, 0.15) is 74.6 Å². The van der Waals surface area contributed by atoms with Crippen molar-refractivity contribution in [1.29, 1.82) is 0 Å². The fraction of sp³-hybridized carbons (Fsp3) is 0.536. The summed E-state index contributed by atoms with van der Waals surface area (Å²) in [7, 11) is 0. The van der Waals surface area contributed by atoms with E-state index in [1.54, 1.807) is 12.1 Å². The third kappa shape index (κ3) is 4.57. The van der Waals surface area contributed by atoms with Gasteiger partial charge in [0.15, 0.2) is 0 Å². The summed E-state index contributed by atoms with van der Waals surface area (Å²) < 4.78 is 21.1. The highest BCUT2D eigenvalue weighted by Crippen LogP contribution is 2.49. The Labute approximate surface area is 206 Å². The van der Waals surface area contributed by atoms with Crippen molar-refractivity contribution in [2.24, 2.45) is 11.8 Å². The van der Waals surface area contributed by atoms with Crippen LogP contribution in [0.5, 0.6) is 5.75 Å². The second kappa shape index (κ2) is 9.16. The average molecular weight is 486 g/mol. The van der Waals surface area contributed by atoms with Gasteiger partial charge in [-0.2, -0.15) is 0 Å². The number of halogens is 2. The molecule has 1 saturated heterocycles. The van der Waals surface area contributed by atoms with Crippen molar-refractivity contribution in [3.63, 3.8) is 0 Å². The number of carboxylic acid groups (broad SMARTS) is 1. The molecule has 2 aliphatic heterocycles. The smallest absolute Gasteiger partial charge is 0.306 e. The lowest BCUT2D eigenvalue weighted by atomic mass is 9.80. The zero-order valence-electron chi connectivity index (χ0n) is 19.9. The van der Waals surface area contributed by atoms with Gasteiger partial charge in [0.25, 0.3) is 0 Å². The van der Waals surface area contributed by atoms with Gasteiger partial charge < -0.3 is 9.84 Å². The monoisotopic (exact) mass is 485 g/mol. The van der Waals surface area contributed by atoms with E-state index in [2.05, 4.69) is 23.1 Å². The Morgan fingerprint density at radius 3 is 2.56 bits per heavy atom. The molecule has 0 aromatic heterocycles. The lowest BCUT2D eigenvalue weighted by molar-refractivity contribution is -0.142. The molecule has 182 valence electrons. The molecule has 0 bridgehead atoms. The van der Waals surface area contributed by atoms with Gasteiger partial charge >= 0.3 is 5.97 Å². The van der Waals surface area contributed by atoms with Gasteiger partial charge in [0.05, 0.1) is 5.92 Å². The molecule has 1 saturated carbocycles. The number of hydrogen-bond acceptors (Lipinski definition) is 3. The molecule has 2 aromatic rings. The summed E-state index contributed by atoms with van der Waals surface area (Å²) in [5.41, 5.74) is 2.74. The summed E-state index contributed by atoms with van der Waals surface area (Å²) in [5.74, 6) is 0.0740. The molecule has 1 spiro atoms. The minimum atomic E-state index is -0.732. The molecular weight excluding hydrogens is 453 g/mol. The number of likely N-dealkylation sites (tertiary alicyclic amines) is 1. The molecule has 3 aliphatic rings. The first-order chi connectivity index (χ1) is 16.3. The molecule has 34 heavy (non-hydrogen) atoms. The molecule has 1 unspecified atom stereocenters. The van der Waals surface area contributed by atoms with Crippen molar-refractivity contribution in [3.05, 3.63) is 63.9 Å². The first kappa shape index (κ1) is 23.6. The van der Waals surface area contributed by atoms with Crippen LogP contribution in [-0.4, -0.2) is 34.7 Å². The third-order valence-electron chi connectivity index (χ3n) is 8.38. The SMILES string of the molecule is CC(c1cc(Cl)ccc1F)N1CCC2(CCc3ccc([C@H](C4CC4)[C@H](C)C(=O)O)cc3O2)CC1. The maximum absolute atomic E-state index is 14.4. The summed E-state index contributed by atoms with van der Waals surface area (Å²) in [6, 6.07) is 11.1. The van der Waals surface area contributed by atoms with Gasteiger partial charge in [0, 0.05) is 29.7 Å². The van der Waals surface area contributed by atoms with Gasteiger partial charge in [0.1, 0.15) is 17.2 Å². The number of carbonyl (C=O) groups is 1. The van der Waals surface area contributed by atoms with E-state index in [4.69, 9.17) is 16.3 Å². The van der Waals surface area contributed by atoms with Gasteiger partial charge in [0.2, 0.25) is 0 Å². The predicted molar refractivity (Wildman–Crippen MR) is 131 cm³/mol. The first-order valence-electron chi connectivity index (χ1n) is 12.5. The zero-order valence-corrected chi connectivity index (χ0v) is 20.7. The maximum atomic E-state index is 14.4. The number of rotatable bonds is 6. The van der Waals surface area contributed by atoms with Crippen LogP contribution in [0.15, 0.2) is 36.4 Å². The fourth-order valence-corrected chi connectivity index (χ4v) is 6.19. The molecule has 5 rings (SSSR count). The lowest BCUT2D eigenvalue weighted by Crippen LogP contribution is -2.50. The molecule has 2 aromatic carbocycles. The number of nitrogens with zero attached hydrogens (tertiary/aromatic N) is 1. The Balaban J connectivity index is 1.30. The molecule has 3 atom stereocenters. The summed E-state index contributed by atoms with van der Waals surface area (Å²) in [6.45, 7) is 5.54. The fourth-order valence-electron chi connectivity index (χ4n) is 6.01. The van der Waals surface area contributed by atoms with Gasteiger partial charge in [-0.15, -0.1) is 0 Å². The van der Waals surface area contributed by atoms with E-state index in [1.807, 2.05) is 13.8 Å². The van der Waals surface area contributed by atoms with Crippen LogP contribution < -0.4 is 4.74 Å². The van der Waals surface area contributed by atoms with Gasteiger partial charge in [-0.3, -0.25) is 9.69 Å². The summed E-state index contributed by atoms with van der Waals surface area (Å²) in [5, 5.41) is 10.2. The molecule has 1 N–H and O–H groups in total. The molecule has 0 radical (unpaired) electrons. The van der Waals surface area contributed by atoms with Crippen LogP contribution in [0, 0.1) is 17.7 Å². The summed E-state index contributed by atoms with van der Waals surface area (Å²) in [4.78, 5) is 14.1. The third-order valence-corrected chi connectivity index (χ3v) is 8.61. The second-order valence-electron chi connectivity index (χ2n) is 10.5. The van der Waals surface area contributed by atoms with E-state index in [-0.39, 0.29) is 23.4 Å². The number of fused-ring (bicyclic) bond motifs is 1. The van der Waals surface area contributed by atoms with Crippen molar-refractivity contribution in [2.45, 2.75) is 69.9 Å². The Bertz CT molecular complexity index is 1080. The van der Waals surface area contributed by atoms with Crippen molar-refractivity contribution >= 4 is 17.6 Å². The zero-order chi connectivity index (χ0) is 24.0. The van der Waals surface area contributed by atoms with Crippen LogP contribution in [0.2, 0.25) is 5.02 Å². The minimum absolute atomic E-state index is 0.0413. The number of aryl methyl sites for hydroxylation is 1. The standard InChI is InChI=1S/C28H33ClFNO3/c1-17(27(32)33)26(20-4-5-20)21-6-3-19-9-10-28(34-25(19)15-21)11-13-31(14-12-28)18(2)23-16-22(29)7-8-24(23)30/h3,6-8,15-18,20,26H,4-5,9-14H2,1-2H3,(H,32,33)/t17-,18?,26-/m0/s1. The Morgan fingerprint density at radius 2 is 1.88 bits per heavy atom. The number of hydrogen-bond donors (Lipinski definition) is 1. The number of benzene rings is 2. The maximum Gasteiger partial charge on any atom is 0.306 e. The Morgan fingerprint density at radius 1 is 1.15 bits per heavy atom. The van der Waals surface area contributed by atoms with Gasteiger partial charge in [-0.1, -0.05) is 30.7 Å². The molecule has 2 heterocycles. The predicted octanol–water partition coefficient (Wildman–Crippen LogP) is 6.61. The number of aliphatic carboxylic acids is 1.